The highest BCUT2D eigenvalue weighted by atomic mass is 32.2. The second kappa shape index (κ2) is 13.9. The summed E-state index contributed by atoms with van der Waals surface area (Å²) in [4.78, 5) is 40.1. The molecule has 1 amide bonds. The van der Waals surface area contributed by atoms with Crippen LogP contribution in [0, 0.1) is 11.7 Å². The number of aromatic nitrogens is 2. The van der Waals surface area contributed by atoms with E-state index in [0.717, 1.165) is 5.41 Å². The van der Waals surface area contributed by atoms with E-state index < -0.39 is 39.1 Å². The summed E-state index contributed by atoms with van der Waals surface area (Å²) in [6.45, 7) is 1.35. The minimum Gasteiger partial charge on any atom is -0.331 e. The molecule has 51 heavy (non-hydrogen) atoms. The number of anilines is 3. The number of nitrogens with two attached hydrogens (primary N) is 2. The van der Waals surface area contributed by atoms with Crippen LogP contribution in [0.5, 0.6) is 0 Å². The first-order chi connectivity index (χ1) is 24.3. The smallest absolute Gasteiger partial charge is 0.231 e. The summed E-state index contributed by atoms with van der Waals surface area (Å²) in [5.41, 5.74) is 9.32. The molecule has 0 bridgehead atoms. The van der Waals surface area contributed by atoms with Crippen molar-refractivity contribution in [3.8, 4) is 5.69 Å². The van der Waals surface area contributed by atoms with Crippen LogP contribution in [-0.2, 0) is 14.8 Å². The summed E-state index contributed by atoms with van der Waals surface area (Å²) in [6, 6.07) is 26.8. The Hall–Kier alpha value is -6.29. The number of hydrazone groups is 1. The zero-order chi connectivity index (χ0) is 36.3. The van der Waals surface area contributed by atoms with E-state index in [0.29, 0.717) is 22.6 Å². The molecule has 2 heterocycles. The molecule has 0 fully saturated rings. The van der Waals surface area contributed by atoms with Crippen molar-refractivity contribution < 1.29 is 27.2 Å². The maximum Gasteiger partial charge on any atom is 0.231 e. The maximum atomic E-state index is 14.2. The number of nitrogens with one attached hydrogen (secondary N) is 2. The number of carbonyl (C=O) groups excluding carboxylic acids is 3. The predicted molar refractivity (Wildman–Crippen MR) is 192 cm³/mol. The van der Waals surface area contributed by atoms with Crippen molar-refractivity contribution in [2.75, 3.05) is 15.6 Å². The molecule has 258 valence electrons. The van der Waals surface area contributed by atoms with Crippen LogP contribution in [0.25, 0.3) is 11.8 Å². The summed E-state index contributed by atoms with van der Waals surface area (Å²) in [6.07, 6.45) is 4.09. The van der Waals surface area contributed by atoms with Crippen LogP contribution in [0.2, 0.25) is 0 Å². The number of hydrogen-bond donors (Lipinski definition) is 4. The minimum absolute atomic E-state index is 0.0236. The molecule has 1 aliphatic rings. The van der Waals surface area contributed by atoms with Crippen LogP contribution in [-0.4, -0.2) is 47.7 Å². The van der Waals surface area contributed by atoms with Crippen molar-refractivity contribution >= 4 is 57.0 Å². The van der Waals surface area contributed by atoms with E-state index >= 15 is 0 Å². The van der Waals surface area contributed by atoms with Gasteiger partial charge in [0, 0.05) is 41.6 Å². The van der Waals surface area contributed by atoms with Gasteiger partial charge in [-0.2, -0.15) is 5.10 Å². The molecule has 6 rings (SSSR count). The van der Waals surface area contributed by atoms with E-state index in [1.54, 1.807) is 60.7 Å². The molecule has 1 aromatic heterocycles. The molecule has 0 saturated heterocycles. The van der Waals surface area contributed by atoms with Crippen molar-refractivity contribution in [3.05, 3.63) is 143 Å². The third-order valence-electron chi connectivity index (χ3n) is 7.87. The van der Waals surface area contributed by atoms with E-state index in [9.17, 15) is 27.2 Å². The molecule has 6 N–H and O–H groups in total. The van der Waals surface area contributed by atoms with Gasteiger partial charge in [0.25, 0.3) is 0 Å². The van der Waals surface area contributed by atoms with Crippen LogP contribution in [0.4, 0.5) is 21.6 Å². The fourth-order valence-corrected chi connectivity index (χ4v) is 5.86. The highest BCUT2D eigenvalue weighted by Crippen LogP contribution is 2.35. The predicted octanol–water partition coefficient (Wildman–Crippen LogP) is 4.49. The number of hydrogen-bond acceptors (Lipinski definition) is 10. The van der Waals surface area contributed by atoms with Gasteiger partial charge in [-0.25, -0.2) is 27.6 Å². The monoisotopic (exact) mass is 706 g/mol. The summed E-state index contributed by atoms with van der Waals surface area (Å²) >= 11 is 0. The van der Waals surface area contributed by atoms with Crippen molar-refractivity contribution in [1.29, 1.82) is 0 Å². The SMILES string of the molecule is CC(=O)Nc1cccc(C(=O)C2C=NN(c3ccccc3)C2(N)Nc2nn(-c3ccc(F)cc3)cc2C(=O)c2cccc(C=CS(N)(=O)=O)c2)c1. The first-order valence-corrected chi connectivity index (χ1v) is 17.0. The van der Waals surface area contributed by atoms with Crippen LogP contribution >= 0.6 is 0 Å². The number of rotatable bonds is 11. The summed E-state index contributed by atoms with van der Waals surface area (Å²) < 4.78 is 38.2. The van der Waals surface area contributed by atoms with E-state index in [1.807, 2.05) is 0 Å². The van der Waals surface area contributed by atoms with Crippen molar-refractivity contribution in [2.45, 2.75) is 12.7 Å². The molecule has 2 atom stereocenters. The second-order valence-corrected chi connectivity index (χ2v) is 13.1. The normalized spacial score (nSPS) is 17.1. The summed E-state index contributed by atoms with van der Waals surface area (Å²) in [5, 5.41) is 22.3. The molecule has 13 nitrogen and oxygen atoms in total. The number of amides is 1. The number of Topliss-reactive ketones (excluding diaryl/α,β-unsaturated/α-hetero) is 1. The number of para-hydroxylation sites is 1. The fourth-order valence-electron chi connectivity index (χ4n) is 5.52. The Morgan fingerprint density at radius 2 is 1.61 bits per heavy atom. The van der Waals surface area contributed by atoms with Gasteiger partial charge in [-0.1, -0.05) is 48.5 Å². The standard InChI is InChI=1S/C36H31FN8O5S/c1-23(46)41-28-10-6-9-26(20-28)34(48)32-21-40-45(30-11-3-2-4-12-30)36(32,38)42-35-31(22-44(43-35)29-15-13-27(37)14-16-29)33(47)25-8-5-7-24(19-25)17-18-51(39,49)50/h2-22,32H,38H2,1H3,(H,41,46)(H,42,43)(H2,39,49,50). The Kier molecular flexibility index (Phi) is 9.43. The van der Waals surface area contributed by atoms with Crippen molar-refractivity contribution in [2.24, 2.45) is 21.9 Å². The molecule has 0 saturated carbocycles. The lowest BCUT2D eigenvalue weighted by Crippen LogP contribution is -2.64. The van der Waals surface area contributed by atoms with E-state index in [1.165, 1.54) is 77.6 Å². The average molecular weight is 707 g/mol. The van der Waals surface area contributed by atoms with Gasteiger partial charge in [-0.05, 0) is 66.2 Å². The molecule has 0 aliphatic carbocycles. The molecule has 0 radical (unpaired) electrons. The lowest BCUT2D eigenvalue weighted by atomic mass is 9.91. The number of halogens is 1. The number of carbonyl (C=O) groups is 3. The van der Waals surface area contributed by atoms with Crippen LogP contribution < -0.4 is 26.5 Å². The van der Waals surface area contributed by atoms with E-state index in [-0.39, 0.29) is 28.4 Å². The molecular weight excluding hydrogens is 676 g/mol. The van der Waals surface area contributed by atoms with Crippen LogP contribution in [0.3, 0.4) is 0 Å². The third kappa shape index (κ3) is 7.65. The first-order valence-electron chi connectivity index (χ1n) is 15.4. The summed E-state index contributed by atoms with van der Waals surface area (Å²) in [7, 11) is -3.93. The van der Waals surface area contributed by atoms with Crippen LogP contribution in [0.1, 0.15) is 38.8 Å². The summed E-state index contributed by atoms with van der Waals surface area (Å²) in [5.74, 6) is -4.80. The van der Waals surface area contributed by atoms with Gasteiger partial charge in [0.1, 0.15) is 11.7 Å². The Morgan fingerprint density at radius 1 is 0.902 bits per heavy atom. The Morgan fingerprint density at radius 3 is 2.31 bits per heavy atom. The molecule has 5 aromatic rings. The van der Waals surface area contributed by atoms with Gasteiger partial charge in [0.15, 0.2) is 17.4 Å². The molecular formula is C36H31FN8O5S. The second-order valence-electron chi connectivity index (χ2n) is 11.6. The van der Waals surface area contributed by atoms with Gasteiger partial charge in [0.2, 0.25) is 21.7 Å². The van der Waals surface area contributed by atoms with Gasteiger partial charge < -0.3 is 10.6 Å². The molecule has 2 unspecified atom stereocenters. The highest BCUT2D eigenvalue weighted by Gasteiger charge is 2.50. The quantitative estimate of drug-likeness (QED) is 0.113. The Bertz CT molecular complexity index is 2310. The molecule has 1 aliphatic heterocycles. The van der Waals surface area contributed by atoms with E-state index in [2.05, 4.69) is 20.8 Å². The van der Waals surface area contributed by atoms with Crippen molar-refractivity contribution in [3.63, 3.8) is 0 Å². The molecule has 0 spiro atoms. The van der Waals surface area contributed by atoms with Gasteiger partial charge in [0.05, 0.1) is 16.9 Å². The lowest BCUT2D eigenvalue weighted by molar-refractivity contribution is -0.114. The molecule has 15 heteroatoms. The molecule has 4 aromatic carbocycles. The van der Waals surface area contributed by atoms with Crippen LogP contribution in [0.15, 0.2) is 120 Å². The topological polar surface area (TPSA) is 195 Å². The zero-order valence-electron chi connectivity index (χ0n) is 27.0. The number of primary sulfonamides is 1. The minimum atomic E-state index is -3.93. The fraction of sp³-hybridized carbons (Fsp3) is 0.0833. The Labute approximate surface area is 292 Å². The van der Waals surface area contributed by atoms with E-state index in [4.69, 9.17) is 10.9 Å². The van der Waals surface area contributed by atoms with Gasteiger partial charge >= 0.3 is 0 Å². The highest BCUT2D eigenvalue weighted by molar-refractivity contribution is 7.92. The number of ketones is 2. The lowest BCUT2D eigenvalue weighted by Gasteiger charge is -2.38. The zero-order valence-corrected chi connectivity index (χ0v) is 27.8. The largest absolute Gasteiger partial charge is 0.331 e. The van der Waals surface area contributed by atoms with Gasteiger partial charge in [-0.15, -0.1) is 5.10 Å². The number of nitrogens with zero attached hydrogens (tertiary/aromatic N) is 4. The Balaban J connectivity index is 1.45. The number of sulfonamides is 1. The maximum absolute atomic E-state index is 14.2. The van der Waals surface area contributed by atoms with Gasteiger partial charge in [-0.3, -0.25) is 20.1 Å². The first kappa shape index (κ1) is 34.6. The third-order valence-corrected chi connectivity index (χ3v) is 8.39. The van der Waals surface area contributed by atoms with Crippen molar-refractivity contribution in [1.82, 2.24) is 9.78 Å². The number of benzene rings is 4. The average Bonchev–Trinajstić information content (AvgIpc) is 3.67.